The van der Waals surface area contributed by atoms with E-state index in [0.29, 0.717) is 23.0 Å². The summed E-state index contributed by atoms with van der Waals surface area (Å²) in [5.41, 5.74) is 1.30. The lowest BCUT2D eigenvalue weighted by Gasteiger charge is -2.29. The van der Waals surface area contributed by atoms with E-state index in [2.05, 4.69) is 5.32 Å². The molecule has 0 unspecified atom stereocenters. The minimum atomic E-state index is -3.56. The second kappa shape index (κ2) is 13.5. The Hall–Kier alpha value is -2.78. The quantitative estimate of drug-likeness (QED) is 0.415. The Labute approximate surface area is 219 Å². The van der Waals surface area contributed by atoms with Crippen molar-refractivity contribution < 1.29 is 22.7 Å². The topological polar surface area (TPSA) is 96.0 Å². The van der Waals surface area contributed by atoms with Crippen LogP contribution in [0.15, 0.2) is 48.5 Å². The summed E-state index contributed by atoms with van der Waals surface area (Å²) >= 11 is 5.93. The van der Waals surface area contributed by atoms with Crippen LogP contribution in [0.2, 0.25) is 5.02 Å². The van der Waals surface area contributed by atoms with Crippen molar-refractivity contribution in [3.8, 4) is 5.75 Å². The van der Waals surface area contributed by atoms with E-state index in [9.17, 15) is 18.0 Å². The highest BCUT2D eigenvalue weighted by Gasteiger charge is 2.27. The molecule has 0 heterocycles. The highest BCUT2D eigenvalue weighted by atomic mass is 35.5. The van der Waals surface area contributed by atoms with Crippen LogP contribution in [0.4, 0.5) is 5.69 Å². The number of carbonyl (C=O) groups is 2. The van der Waals surface area contributed by atoms with E-state index in [1.807, 2.05) is 38.1 Å². The molecule has 2 amide bonds. The molecule has 2 aromatic carbocycles. The van der Waals surface area contributed by atoms with Gasteiger partial charge in [-0.15, -0.1) is 0 Å². The molecule has 36 heavy (non-hydrogen) atoms. The summed E-state index contributed by atoms with van der Waals surface area (Å²) in [7, 11) is -2.00. The number of nitrogens with zero attached hydrogens (tertiary/aromatic N) is 2. The van der Waals surface area contributed by atoms with Crippen molar-refractivity contribution in [3.63, 3.8) is 0 Å². The maximum Gasteiger partial charge on any atom is 0.242 e. The van der Waals surface area contributed by atoms with Gasteiger partial charge in [-0.3, -0.25) is 13.9 Å². The van der Waals surface area contributed by atoms with Crippen LogP contribution in [0, 0.1) is 5.92 Å². The Morgan fingerprint density at radius 1 is 1.08 bits per heavy atom. The van der Waals surface area contributed by atoms with E-state index in [0.717, 1.165) is 11.8 Å². The first kappa shape index (κ1) is 29.5. The minimum absolute atomic E-state index is 0.0748. The SMILES string of the molecule is COc1cccc(CN(C(=O)CCCN(c2ccc(Cl)cc2)S(C)(=O)=O)[C@H](C)C(=O)NCC(C)C)c1. The maximum atomic E-state index is 13.3. The van der Waals surface area contributed by atoms with Crippen molar-refractivity contribution in [3.05, 3.63) is 59.1 Å². The molecule has 0 fully saturated rings. The van der Waals surface area contributed by atoms with Gasteiger partial charge < -0.3 is 15.0 Å². The molecule has 0 aliphatic carbocycles. The van der Waals surface area contributed by atoms with E-state index in [1.165, 1.54) is 9.21 Å². The number of sulfonamides is 1. The molecule has 0 radical (unpaired) electrons. The molecule has 198 valence electrons. The first-order valence-corrected chi connectivity index (χ1v) is 14.1. The lowest BCUT2D eigenvalue weighted by atomic mass is 10.1. The standard InChI is InChI=1S/C26H36ClN3O5S/c1-19(2)17-28-26(32)20(3)29(18-21-8-6-9-24(16-21)35-4)25(31)10-7-15-30(36(5,33)34)23-13-11-22(27)12-14-23/h6,8-9,11-14,16,19-20H,7,10,15,17-18H2,1-5H3,(H,28,32)/t20-/m1/s1. The highest BCUT2D eigenvalue weighted by Crippen LogP contribution is 2.22. The fourth-order valence-electron chi connectivity index (χ4n) is 3.61. The van der Waals surface area contributed by atoms with E-state index in [4.69, 9.17) is 16.3 Å². The van der Waals surface area contributed by atoms with Gasteiger partial charge >= 0.3 is 0 Å². The van der Waals surface area contributed by atoms with Crippen molar-refractivity contribution in [1.29, 1.82) is 0 Å². The number of methoxy groups -OCH3 is 1. The van der Waals surface area contributed by atoms with E-state index < -0.39 is 16.1 Å². The third-order valence-electron chi connectivity index (χ3n) is 5.61. The van der Waals surface area contributed by atoms with Gasteiger partial charge in [0, 0.05) is 31.1 Å². The Morgan fingerprint density at radius 3 is 2.33 bits per heavy atom. The predicted octanol–water partition coefficient (Wildman–Crippen LogP) is 4.08. The Bertz CT molecular complexity index is 1120. The molecule has 0 aliphatic heterocycles. The zero-order chi connectivity index (χ0) is 26.9. The molecule has 1 atom stereocenters. The maximum absolute atomic E-state index is 13.3. The summed E-state index contributed by atoms with van der Waals surface area (Å²) in [6, 6.07) is 13.1. The van der Waals surface area contributed by atoms with Crippen LogP contribution in [0.25, 0.3) is 0 Å². The average Bonchev–Trinajstić information content (AvgIpc) is 2.83. The summed E-state index contributed by atoms with van der Waals surface area (Å²) in [5, 5.41) is 3.39. The van der Waals surface area contributed by atoms with Crippen molar-refractivity contribution in [2.24, 2.45) is 5.92 Å². The van der Waals surface area contributed by atoms with Gasteiger partial charge in [-0.05, 0) is 61.2 Å². The largest absolute Gasteiger partial charge is 0.497 e. The second-order valence-corrected chi connectivity index (χ2v) is 11.4. The molecule has 1 N–H and O–H groups in total. The van der Waals surface area contributed by atoms with E-state index in [1.54, 1.807) is 38.3 Å². The monoisotopic (exact) mass is 537 g/mol. The molecule has 0 saturated heterocycles. The predicted molar refractivity (Wildman–Crippen MR) is 144 cm³/mol. The molecule has 0 aromatic heterocycles. The number of anilines is 1. The van der Waals surface area contributed by atoms with Gasteiger partial charge in [0.15, 0.2) is 0 Å². The number of carbonyl (C=O) groups excluding carboxylic acids is 2. The summed E-state index contributed by atoms with van der Waals surface area (Å²) < 4.78 is 31.3. The van der Waals surface area contributed by atoms with Gasteiger partial charge in [0.25, 0.3) is 0 Å². The van der Waals surface area contributed by atoms with Crippen molar-refractivity contribution in [1.82, 2.24) is 10.2 Å². The summed E-state index contributed by atoms with van der Waals surface area (Å²) in [6.45, 7) is 6.54. The number of hydrogen-bond donors (Lipinski definition) is 1. The number of halogens is 1. The van der Waals surface area contributed by atoms with Crippen LogP contribution in [-0.2, 0) is 26.2 Å². The van der Waals surface area contributed by atoms with Gasteiger partial charge in [0.1, 0.15) is 11.8 Å². The lowest BCUT2D eigenvalue weighted by Crippen LogP contribution is -2.48. The molecule has 2 rings (SSSR count). The molecule has 0 saturated carbocycles. The average molecular weight is 538 g/mol. The number of rotatable bonds is 13. The number of amides is 2. The van der Waals surface area contributed by atoms with Gasteiger partial charge in [0.05, 0.1) is 19.1 Å². The zero-order valence-corrected chi connectivity index (χ0v) is 23.1. The van der Waals surface area contributed by atoms with Gasteiger partial charge in [-0.1, -0.05) is 37.6 Å². The first-order chi connectivity index (χ1) is 16.9. The first-order valence-electron chi connectivity index (χ1n) is 11.9. The summed E-state index contributed by atoms with van der Waals surface area (Å²) in [6.07, 6.45) is 1.48. The van der Waals surface area contributed by atoms with Crippen molar-refractivity contribution in [2.45, 2.75) is 46.2 Å². The van der Waals surface area contributed by atoms with E-state index in [-0.39, 0.29) is 43.7 Å². The normalized spacial score (nSPS) is 12.2. The molecule has 0 spiro atoms. The minimum Gasteiger partial charge on any atom is -0.497 e. The number of hydrogen-bond acceptors (Lipinski definition) is 5. The fraction of sp³-hybridized carbons (Fsp3) is 0.462. The lowest BCUT2D eigenvalue weighted by molar-refractivity contribution is -0.140. The molecule has 2 aromatic rings. The number of benzene rings is 2. The van der Waals surface area contributed by atoms with Crippen LogP contribution >= 0.6 is 11.6 Å². The Morgan fingerprint density at radius 2 is 1.75 bits per heavy atom. The summed E-state index contributed by atoms with van der Waals surface area (Å²) in [4.78, 5) is 27.7. The number of ether oxygens (including phenoxy) is 1. The third kappa shape index (κ3) is 9.02. The third-order valence-corrected chi connectivity index (χ3v) is 7.05. The fourth-order valence-corrected chi connectivity index (χ4v) is 4.71. The molecule has 0 bridgehead atoms. The smallest absolute Gasteiger partial charge is 0.242 e. The van der Waals surface area contributed by atoms with Crippen LogP contribution in [0.3, 0.4) is 0 Å². The zero-order valence-electron chi connectivity index (χ0n) is 21.5. The van der Waals surface area contributed by atoms with Crippen LogP contribution in [0.5, 0.6) is 5.75 Å². The Balaban J connectivity index is 2.17. The van der Waals surface area contributed by atoms with Crippen molar-refractivity contribution >= 4 is 39.1 Å². The van der Waals surface area contributed by atoms with Gasteiger partial charge in [0.2, 0.25) is 21.8 Å². The highest BCUT2D eigenvalue weighted by molar-refractivity contribution is 7.92. The van der Waals surface area contributed by atoms with Crippen LogP contribution in [0.1, 0.15) is 39.2 Å². The summed E-state index contributed by atoms with van der Waals surface area (Å²) in [5.74, 6) is 0.454. The van der Waals surface area contributed by atoms with Gasteiger partial charge in [-0.2, -0.15) is 0 Å². The van der Waals surface area contributed by atoms with Crippen LogP contribution < -0.4 is 14.4 Å². The molecular weight excluding hydrogens is 502 g/mol. The molecule has 8 nitrogen and oxygen atoms in total. The van der Waals surface area contributed by atoms with E-state index >= 15 is 0 Å². The van der Waals surface area contributed by atoms with Crippen molar-refractivity contribution in [2.75, 3.05) is 30.8 Å². The Kier molecular flexibility index (Phi) is 11.0. The second-order valence-electron chi connectivity index (χ2n) is 9.10. The van der Waals surface area contributed by atoms with Crippen LogP contribution in [-0.4, -0.2) is 57.6 Å². The molecule has 10 heteroatoms. The molecular formula is C26H36ClN3O5S. The van der Waals surface area contributed by atoms with Gasteiger partial charge in [-0.25, -0.2) is 8.42 Å². The molecule has 0 aliphatic rings. The number of nitrogens with one attached hydrogen (secondary N) is 1.